The van der Waals surface area contributed by atoms with Crippen molar-refractivity contribution >= 4 is 11.7 Å². The molecule has 1 rings (SSSR count). The van der Waals surface area contributed by atoms with Crippen LogP contribution in [0.4, 0.5) is 0 Å². The lowest BCUT2D eigenvalue weighted by Crippen LogP contribution is -2.22. The summed E-state index contributed by atoms with van der Waals surface area (Å²) in [4.78, 5) is 0. The fourth-order valence-electron chi connectivity index (χ4n) is 1.23. The lowest BCUT2D eigenvalue weighted by Gasteiger charge is -2.14. The molecule has 14 heavy (non-hydrogen) atoms. The van der Waals surface area contributed by atoms with E-state index in [2.05, 4.69) is 26.9 Å². The number of hydrogen-bond acceptors (Lipinski definition) is 4. The molecular weight excluding hydrogens is 194 g/mol. The Hall–Kier alpha value is -0.920. The van der Waals surface area contributed by atoms with E-state index in [9.17, 15) is 0 Å². The standard InChI is InChI=1S/C10H15N3S/c1-3-5-6-9(11-7-4-2)10-8-12-14-13-10/h1,8-9,11H,4-7H2,2H3. The number of terminal acetylenes is 1. The molecule has 0 bridgehead atoms. The maximum atomic E-state index is 5.25. The Morgan fingerprint density at radius 1 is 1.71 bits per heavy atom. The van der Waals surface area contributed by atoms with Gasteiger partial charge in [-0.1, -0.05) is 6.92 Å². The van der Waals surface area contributed by atoms with Crippen molar-refractivity contribution in [2.45, 2.75) is 32.2 Å². The van der Waals surface area contributed by atoms with Gasteiger partial charge in [0.25, 0.3) is 0 Å². The SMILES string of the molecule is C#CCCC(NCCC)c1cnsn1. The van der Waals surface area contributed by atoms with Crippen LogP contribution >= 0.6 is 11.7 Å². The quantitative estimate of drug-likeness (QED) is 0.728. The van der Waals surface area contributed by atoms with Crippen molar-refractivity contribution < 1.29 is 0 Å². The van der Waals surface area contributed by atoms with Gasteiger partial charge in [-0.3, -0.25) is 0 Å². The molecule has 0 spiro atoms. The van der Waals surface area contributed by atoms with Crippen LogP contribution in [0.3, 0.4) is 0 Å². The Morgan fingerprint density at radius 3 is 3.14 bits per heavy atom. The summed E-state index contributed by atoms with van der Waals surface area (Å²) >= 11 is 1.24. The van der Waals surface area contributed by atoms with Gasteiger partial charge in [0.05, 0.1) is 29.7 Å². The summed E-state index contributed by atoms with van der Waals surface area (Å²) in [5.74, 6) is 2.65. The summed E-state index contributed by atoms with van der Waals surface area (Å²) in [7, 11) is 0. The van der Waals surface area contributed by atoms with Gasteiger partial charge in [0.2, 0.25) is 0 Å². The van der Waals surface area contributed by atoms with Crippen molar-refractivity contribution in [2.75, 3.05) is 6.54 Å². The molecule has 0 fully saturated rings. The summed E-state index contributed by atoms with van der Waals surface area (Å²) in [6, 6.07) is 0.268. The third kappa shape index (κ3) is 3.44. The van der Waals surface area contributed by atoms with Crippen LogP contribution in [0, 0.1) is 12.3 Å². The Morgan fingerprint density at radius 2 is 2.57 bits per heavy atom. The number of nitrogens with one attached hydrogen (secondary N) is 1. The number of nitrogens with zero attached hydrogens (tertiary/aromatic N) is 2. The minimum Gasteiger partial charge on any atom is -0.309 e. The highest BCUT2D eigenvalue weighted by Crippen LogP contribution is 2.16. The van der Waals surface area contributed by atoms with Crippen molar-refractivity contribution in [1.82, 2.24) is 14.1 Å². The lowest BCUT2D eigenvalue weighted by molar-refractivity contribution is 0.498. The highest BCUT2D eigenvalue weighted by molar-refractivity contribution is 6.99. The third-order valence-corrected chi connectivity index (χ3v) is 2.45. The summed E-state index contributed by atoms with van der Waals surface area (Å²) in [6.07, 6.45) is 9.89. The first-order valence-corrected chi connectivity index (χ1v) is 5.55. The van der Waals surface area contributed by atoms with Gasteiger partial charge in [-0.25, -0.2) is 0 Å². The van der Waals surface area contributed by atoms with E-state index in [4.69, 9.17) is 6.42 Å². The third-order valence-electron chi connectivity index (χ3n) is 1.95. The predicted octanol–water partition coefficient (Wildman–Crippen LogP) is 1.99. The second-order valence-corrected chi connectivity index (χ2v) is 3.64. The van der Waals surface area contributed by atoms with Crippen LogP contribution < -0.4 is 5.32 Å². The molecule has 0 saturated heterocycles. The van der Waals surface area contributed by atoms with Gasteiger partial charge in [0.15, 0.2) is 0 Å². The molecule has 0 aliphatic rings. The van der Waals surface area contributed by atoms with Crippen LogP contribution in [0.15, 0.2) is 6.20 Å². The molecule has 0 aliphatic carbocycles. The fourth-order valence-corrected chi connectivity index (χ4v) is 1.70. The second-order valence-electron chi connectivity index (χ2n) is 3.08. The molecule has 1 unspecified atom stereocenters. The first kappa shape index (κ1) is 11.2. The molecule has 1 atom stereocenters. The molecule has 1 heterocycles. The van der Waals surface area contributed by atoms with Gasteiger partial charge < -0.3 is 5.32 Å². The molecule has 1 aromatic heterocycles. The summed E-state index contributed by atoms with van der Waals surface area (Å²) < 4.78 is 8.22. The smallest absolute Gasteiger partial charge is 0.0912 e. The van der Waals surface area contributed by atoms with E-state index in [0.717, 1.165) is 31.5 Å². The van der Waals surface area contributed by atoms with Gasteiger partial charge in [-0.15, -0.1) is 12.3 Å². The minimum absolute atomic E-state index is 0.268. The summed E-state index contributed by atoms with van der Waals surface area (Å²) in [5.41, 5.74) is 1.01. The Balaban J connectivity index is 2.49. The highest BCUT2D eigenvalue weighted by Gasteiger charge is 2.11. The first-order chi connectivity index (χ1) is 6.88. The van der Waals surface area contributed by atoms with Crippen LogP contribution in [0.1, 0.15) is 37.9 Å². The Bertz CT molecular complexity index is 276. The number of rotatable bonds is 6. The Kier molecular flexibility index (Phi) is 5.20. The van der Waals surface area contributed by atoms with Crippen molar-refractivity contribution in [2.24, 2.45) is 0 Å². The molecule has 4 heteroatoms. The molecule has 0 radical (unpaired) electrons. The molecule has 0 aromatic carbocycles. The molecule has 0 amide bonds. The molecule has 3 nitrogen and oxygen atoms in total. The summed E-state index contributed by atoms with van der Waals surface area (Å²) in [5, 5.41) is 3.42. The highest BCUT2D eigenvalue weighted by atomic mass is 32.1. The van der Waals surface area contributed by atoms with Gasteiger partial charge in [-0.2, -0.15) is 8.75 Å². The van der Waals surface area contributed by atoms with E-state index in [1.54, 1.807) is 0 Å². The lowest BCUT2D eigenvalue weighted by atomic mass is 10.1. The minimum atomic E-state index is 0.268. The van der Waals surface area contributed by atoms with Crippen molar-refractivity contribution in [3.63, 3.8) is 0 Å². The number of aromatic nitrogens is 2. The van der Waals surface area contributed by atoms with Crippen LogP contribution in [0.25, 0.3) is 0 Å². The van der Waals surface area contributed by atoms with Crippen LogP contribution in [0.5, 0.6) is 0 Å². The zero-order valence-corrected chi connectivity index (χ0v) is 9.18. The second kappa shape index (κ2) is 6.52. The normalized spacial score (nSPS) is 12.3. The van der Waals surface area contributed by atoms with E-state index in [1.807, 2.05) is 6.20 Å². The number of hydrogen-bond donors (Lipinski definition) is 1. The average molecular weight is 209 g/mol. The van der Waals surface area contributed by atoms with Gasteiger partial charge in [-0.05, 0) is 19.4 Å². The van der Waals surface area contributed by atoms with Crippen LogP contribution in [-0.4, -0.2) is 15.3 Å². The van der Waals surface area contributed by atoms with Crippen LogP contribution in [0.2, 0.25) is 0 Å². The molecular formula is C10H15N3S. The Labute approximate surface area is 89.3 Å². The topological polar surface area (TPSA) is 37.8 Å². The van der Waals surface area contributed by atoms with Crippen molar-refractivity contribution in [3.8, 4) is 12.3 Å². The zero-order valence-electron chi connectivity index (χ0n) is 8.36. The van der Waals surface area contributed by atoms with E-state index in [-0.39, 0.29) is 6.04 Å². The molecule has 0 saturated carbocycles. The maximum absolute atomic E-state index is 5.25. The van der Waals surface area contributed by atoms with Crippen molar-refractivity contribution in [1.29, 1.82) is 0 Å². The first-order valence-electron chi connectivity index (χ1n) is 4.82. The fraction of sp³-hybridized carbons (Fsp3) is 0.600. The maximum Gasteiger partial charge on any atom is 0.0912 e. The largest absolute Gasteiger partial charge is 0.309 e. The van der Waals surface area contributed by atoms with E-state index >= 15 is 0 Å². The van der Waals surface area contributed by atoms with Gasteiger partial charge in [0, 0.05) is 6.42 Å². The summed E-state index contributed by atoms with van der Waals surface area (Å²) in [6.45, 7) is 3.14. The molecule has 76 valence electrons. The molecule has 1 aromatic rings. The monoisotopic (exact) mass is 209 g/mol. The van der Waals surface area contributed by atoms with Gasteiger partial charge >= 0.3 is 0 Å². The van der Waals surface area contributed by atoms with Gasteiger partial charge in [0.1, 0.15) is 0 Å². The van der Waals surface area contributed by atoms with E-state index < -0.39 is 0 Å². The zero-order chi connectivity index (χ0) is 10.2. The van der Waals surface area contributed by atoms with E-state index in [1.165, 1.54) is 11.7 Å². The predicted molar refractivity (Wildman–Crippen MR) is 59.0 cm³/mol. The molecule has 1 N–H and O–H groups in total. The average Bonchev–Trinajstić information content (AvgIpc) is 2.71. The van der Waals surface area contributed by atoms with Crippen LogP contribution in [-0.2, 0) is 0 Å². The van der Waals surface area contributed by atoms with Crippen molar-refractivity contribution in [3.05, 3.63) is 11.9 Å². The van der Waals surface area contributed by atoms with E-state index in [0.29, 0.717) is 0 Å². The molecule has 0 aliphatic heterocycles.